The van der Waals surface area contributed by atoms with Gasteiger partial charge in [0.2, 0.25) is 0 Å². The van der Waals surface area contributed by atoms with Crippen molar-refractivity contribution in [3.05, 3.63) is 19.9 Å². The highest BCUT2D eigenvalue weighted by Gasteiger charge is 2.13. The van der Waals surface area contributed by atoms with Gasteiger partial charge in [0.25, 0.3) is 0 Å². The van der Waals surface area contributed by atoms with Gasteiger partial charge in [0.15, 0.2) is 0 Å². The van der Waals surface area contributed by atoms with E-state index in [1.54, 1.807) is 0 Å². The number of hydrogen-bond acceptors (Lipinski definition) is 2. The minimum atomic E-state index is 0.532. The Morgan fingerprint density at radius 3 is 2.71 bits per heavy atom. The average Bonchev–Trinajstić information content (AvgIpc) is 2.60. The van der Waals surface area contributed by atoms with Crippen LogP contribution in [0.25, 0.3) is 0 Å². The Morgan fingerprint density at radius 1 is 1.57 bits per heavy atom. The Morgan fingerprint density at radius 2 is 2.29 bits per heavy atom. The first kappa shape index (κ1) is 12.5. The van der Waals surface area contributed by atoms with Gasteiger partial charge in [-0.25, -0.2) is 0 Å². The minimum absolute atomic E-state index is 0.532. The lowest BCUT2D eigenvalue weighted by atomic mass is 9.96. The largest absolute Gasteiger partial charge is 0.313 e. The SMILES string of the molecule is CCC(C)CC(NC)c1csc(I)c1. The summed E-state index contributed by atoms with van der Waals surface area (Å²) < 4.78 is 1.38. The third kappa shape index (κ3) is 3.51. The predicted octanol–water partition coefficient (Wildman–Crippen LogP) is 4.05. The third-order valence-electron chi connectivity index (χ3n) is 2.67. The van der Waals surface area contributed by atoms with Gasteiger partial charge in [-0.3, -0.25) is 0 Å². The van der Waals surface area contributed by atoms with E-state index in [9.17, 15) is 0 Å². The molecule has 2 atom stereocenters. The standard InChI is InChI=1S/C11H18INS/c1-4-8(2)5-10(13-3)9-6-11(12)14-7-9/h6-8,10,13H,4-5H2,1-3H3. The van der Waals surface area contributed by atoms with E-state index in [2.05, 4.69) is 60.2 Å². The molecule has 1 heterocycles. The average molecular weight is 323 g/mol. The molecule has 0 aliphatic heterocycles. The Labute approximate surface area is 104 Å². The van der Waals surface area contributed by atoms with Gasteiger partial charge in [-0.1, -0.05) is 20.3 Å². The van der Waals surface area contributed by atoms with Crippen LogP contribution in [0.1, 0.15) is 38.3 Å². The molecule has 1 aromatic rings. The molecule has 0 saturated carbocycles. The van der Waals surface area contributed by atoms with Gasteiger partial charge in [-0.2, -0.15) is 0 Å². The highest BCUT2D eigenvalue weighted by atomic mass is 127. The van der Waals surface area contributed by atoms with Crippen molar-refractivity contribution < 1.29 is 0 Å². The molecular formula is C11H18INS. The van der Waals surface area contributed by atoms with E-state index in [-0.39, 0.29) is 0 Å². The van der Waals surface area contributed by atoms with Crippen LogP contribution in [0.2, 0.25) is 0 Å². The number of halogens is 1. The van der Waals surface area contributed by atoms with Crippen LogP contribution in [-0.2, 0) is 0 Å². The Balaban J connectivity index is 2.62. The van der Waals surface area contributed by atoms with Crippen molar-refractivity contribution in [3.63, 3.8) is 0 Å². The maximum absolute atomic E-state index is 3.40. The summed E-state index contributed by atoms with van der Waals surface area (Å²) in [6.07, 6.45) is 2.50. The van der Waals surface area contributed by atoms with Gasteiger partial charge in [-0.05, 0) is 59.0 Å². The van der Waals surface area contributed by atoms with Gasteiger partial charge >= 0.3 is 0 Å². The van der Waals surface area contributed by atoms with Crippen LogP contribution in [0.15, 0.2) is 11.4 Å². The molecule has 0 radical (unpaired) electrons. The predicted molar refractivity (Wildman–Crippen MR) is 72.9 cm³/mol. The number of hydrogen-bond donors (Lipinski definition) is 1. The second-order valence-corrected chi connectivity index (χ2v) is 6.58. The fourth-order valence-electron chi connectivity index (χ4n) is 1.50. The van der Waals surface area contributed by atoms with Gasteiger partial charge < -0.3 is 5.32 Å². The maximum atomic E-state index is 3.40. The zero-order valence-corrected chi connectivity index (χ0v) is 12.0. The lowest BCUT2D eigenvalue weighted by Crippen LogP contribution is -2.18. The first-order valence-electron chi connectivity index (χ1n) is 5.08. The molecule has 0 spiro atoms. The molecule has 1 nitrogen and oxygen atoms in total. The van der Waals surface area contributed by atoms with Crippen LogP contribution in [0.3, 0.4) is 0 Å². The Kier molecular flexibility index (Phi) is 5.41. The van der Waals surface area contributed by atoms with E-state index < -0.39 is 0 Å². The summed E-state index contributed by atoms with van der Waals surface area (Å²) in [6, 6.07) is 2.82. The van der Waals surface area contributed by atoms with Crippen LogP contribution >= 0.6 is 33.9 Å². The first-order valence-corrected chi connectivity index (χ1v) is 7.04. The van der Waals surface area contributed by atoms with Crippen molar-refractivity contribution in [1.29, 1.82) is 0 Å². The molecule has 2 unspecified atom stereocenters. The molecule has 0 aromatic carbocycles. The second-order valence-electron chi connectivity index (χ2n) is 3.77. The summed E-state index contributed by atoms with van der Waals surface area (Å²) in [5.74, 6) is 0.796. The highest BCUT2D eigenvalue weighted by molar-refractivity contribution is 14.1. The van der Waals surface area contributed by atoms with Crippen LogP contribution in [0.4, 0.5) is 0 Å². The molecule has 1 aromatic heterocycles. The van der Waals surface area contributed by atoms with Crippen LogP contribution in [0.5, 0.6) is 0 Å². The van der Waals surface area contributed by atoms with Gasteiger partial charge in [0.1, 0.15) is 0 Å². The molecule has 14 heavy (non-hydrogen) atoms. The van der Waals surface area contributed by atoms with E-state index in [1.807, 2.05) is 11.3 Å². The molecule has 0 amide bonds. The van der Waals surface area contributed by atoms with Crippen molar-refractivity contribution in [2.45, 2.75) is 32.7 Å². The van der Waals surface area contributed by atoms with E-state index in [0.29, 0.717) is 6.04 Å². The Bertz CT molecular complexity index is 272. The van der Waals surface area contributed by atoms with Crippen molar-refractivity contribution in [2.24, 2.45) is 5.92 Å². The van der Waals surface area contributed by atoms with E-state index in [4.69, 9.17) is 0 Å². The topological polar surface area (TPSA) is 12.0 Å². The third-order valence-corrected chi connectivity index (χ3v) is 4.48. The summed E-state index contributed by atoms with van der Waals surface area (Å²) in [4.78, 5) is 0. The molecule has 1 N–H and O–H groups in total. The van der Waals surface area contributed by atoms with E-state index >= 15 is 0 Å². The van der Waals surface area contributed by atoms with Crippen LogP contribution in [-0.4, -0.2) is 7.05 Å². The molecule has 1 rings (SSSR count). The van der Waals surface area contributed by atoms with Crippen LogP contribution in [0, 0.1) is 8.80 Å². The van der Waals surface area contributed by atoms with Crippen molar-refractivity contribution >= 4 is 33.9 Å². The smallest absolute Gasteiger partial charge is 0.0656 e. The molecular weight excluding hydrogens is 305 g/mol. The summed E-state index contributed by atoms with van der Waals surface area (Å²) >= 11 is 4.21. The van der Waals surface area contributed by atoms with Gasteiger partial charge in [0, 0.05) is 6.04 Å². The maximum Gasteiger partial charge on any atom is 0.0656 e. The molecule has 0 fully saturated rings. The molecule has 0 aliphatic rings. The highest BCUT2D eigenvalue weighted by Crippen LogP contribution is 2.27. The summed E-state index contributed by atoms with van der Waals surface area (Å²) in [5.41, 5.74) is 1.45. The van der Waals surface area contributed by atoms with Crippen LogP contribution < -0.4 is 5.32 Å². The van der Waals surface area contributed by atoms with Gasteiger partial charge in [-0.15, -0.1) is 11.3 Å². The van der Waals surface area contributed by atoms with E-state index in [0.717, 1.165) is 5.92 Å². The van der Waals surface area contributed by atoms with E-state index in [1.165, 1.54) is 21.3 Å². The number of thiophene rings is 1. The number of nitrogens with one attached hydrogen (secondary N) is 1. The minimum Gasteiger partial charge on any atom is -0.313 e. The Hall–Kier alpha value is 0.390. The lowest BCUT2D eigenvalue weighted by molar-refractivity contribution is 0.422. The fourth-order valence-corrected chi connectivity index (χ4v) is 2.92. The summed E-state index contributed by atoms with van der Waals surface area (Å²) in [5, 5.41) is 5.67. The van der Waals surface area contributed by atoms with Gasteiger partial charge in [0.05, 0.1) is 2.88 Å². The molecule has 80 valence electrons. The molecule has 0 saturated heterocycles. The lowest BCUT2D eigenvalue weighted by Gasteiger charge is -2.18. The second kappa shape index (κ2) is 6.08. The zero-order chi connectivity index (χ0) is 10.6. The fraction of sp³-hybridized carbons (Fsp3) is 0.636. The summed E-state index contributed by atoms with van der Waals surface area (Å²) in [7, 11) is 2.05. The number of rotatable bonds is 5. The molecule has 0 bridgehead atoms. The normalized spacial score (nSPS) is 15.4. The quantitative estimate of drug-likeness (QED) is 0.806. The molecule has 0 aliphatic carbocycles. The first-order chi connectivity index (χ1) is 6.67. The summed E-state index contributed by atoms with van der Waals surface area (Å²) in [6.45, 7) is 4.58. The van der Waals surface area contributed by atoms with Crippen molar-refractivity contribution in [3.8, 4) is 0 Å². The van der Waals surface area contributed by atoms with Crippen molar-refractivity contribution in [1.82, 2.24) is 5.32 Å². The monoisotopic (exact) mass is 323 g/mol. The molecule has 3 heteroatoms. The van der Waals surface area contributed by atoms with Crippen molar-refractivity contribution in [2.75, 3.05) is 7.05 Å². The zero-order valence-electron chi connectivity index (χ0n) is 9.01.